The molecule has 2 rings (SSSR count). The Hall–Kier alpha value is -2.23. The van der Waals surface area contributed by atoms with Crippen molar-refractivity contribution in [2.75, 3.05) is 23.7 Å². The first-order valence-corrected chi connectivity index (χ1v) is 11.1. The lowest BCUT2D eigenvalue weighted by molar-refractivity contribution is 0.101. The first-order chi connectivity index (χ1) is 12.1. The van der Waals surface area contributed by atoms with Crippen molar-refractivity contribution < 1.29 is 21.6 Å². The van der Waals surface area contributed by atoms with Crippen LogP contribution in [0.4, 0.5) is 5.69 Å². The number of carbonyl (C=O) groups excluding carboxylic acids is 1. The minimum absolute atomic E-state index is 0.0791. The number of anilines is 1. The van der Waals surface area contributed by atoms with Crippen LogP contribution >= 0.6 is 0 Å². The van der Waals surface area contributed by atoms with Gasteiger partial charge in [0.1, 0.15) is 0 Å². The maximum atomic E-state index is 12.2. The van der Waals surface area contributed by atoms with Crippen LogP contribution in [0.5, 0.6) is 0 Å². The van der Waals surface area contributed by atoms with E-state index in [0.717, 1.165) is 10.6 Å². The molecule has 0 heterocycles. The average molecular weight is 396 g/mol. The fraction of sp³-hybridized carbons (Fsp3) is 0.235. The second-order valence-corrected chi connectivity index (χ2v) is 9.32. The summed E-state index contributed by atoms with van der Waals surface area (Å²) in [5, 5.41) is 0. The third kappa shape index (κ3) is 5.13. The van der Waals surface area contributed by atoms with Crippen LogP contribution in [-0.2, 0) is 20.0 Å². The van der Waals surface area contributed by atoms with Gasteiger partial charge in [0.2, 0.25) is 20.0 Å². The number of ketones is 1. The summed E-state index contributed by atoms with van der Waals surface area (Å²) >= 11 is 0. The van der Waals surface area contributed by atoms with Crippen molar-refractivity contribution in [2.45, 2.75) is 11.8 Å². The molecule has 0 unspecified atom stereocenters. The molecule has 140 valence electrons. The molecule has 0 aliphatic carbocycles. The molecule has 0 aromatic heterocycles. The van der Waals surface area contributed by atoms with E-state index < -0.39 is 20.0 Å². The van der Waals surface area contributed by atoms with Gasteiger partial charge in [-0.3, -0.25) is 9.10 Å². The number of rotatable bonds is 8. The molecule has 0 bridgehead atoms. The second-order valence-electron chi connectivity index (χ2n) is 5.65. The zero-order chi connectivity index (χ0) is 19.4. The minimum atomic E-state index is -3.72. The lowest BCUT2D eigenvalue weighted by Gasteiger charge is -2.22. The van der Waals surface area contributed by atoms with Crippen molar-refractivity contribution in [1.29, 1.82) is 0 Å². The summed E-state index contributed by atoms with van der Waals surface area (Å²) < 4.78 is 52.0. The Kier molecular flexibility index (Phi) is 6.17. The fourth-order valence-electron chi connectivity index (χ4n) is 2.31. The van der Waals surface area contributed by atoms with E-state index in [1.807, 2.05) is 0 Å². The van der Waals surface area contributed by atoms with E-state index in [1.54, 1.807) is 18.2 Å². The molecule has 0 fully saturated rings. The van der Waals surface area contributed by atoms with Gasteiger partial charge in [-0.25, -0.2) is 21.6 Å². The summed E-state index contributed by atoms with van der Waals surface area (Å²) in [5.74, 6) is -0.127. The summed E-state index contributed by atoms with van der Waals surface area (Å²) in [6, 6.07) is 13.9. The summed E-state index contributed by atoms with van der Waals surface area (Å²) in [6.07, 6.45) is 1.04. The van der Waals surface area contributed by atoms with E-state index in [0.29, 0.717) is 11.3 Å². The maximum absolute atomic E-state index is 12.2. The number of sulfonamides is 2. The van der Waals surface area contributed by atoms with Crippen LogP contribution in [0, 0.1) is 0 Å². The number of hydrogen-bond donors (Lipinski definition) is 1. The first kappa shape index (κ1) is 20.1. The van der Waals surface area contributed by atoms with Gasteiger partial charge >= 0.3 is 0 Å². The van der Waals surface area contributed by atoms with E-state index in [1.165, 1.54) is 43.3 Å². The normalized spacial score (nSPS) is 11.9. The Morgan fingerprint density at radius 3 is 2.04 bits per heavy atom. The summed E-state index contributed by atoms with van der Waals surface area (Å²) in [5.41, 5.74) is 0.823. The van der Waals surface area contributed by atoms with Crippen molar-refractivity contribution >= 4 is 31.5 Å². The Morgan fingerprint density at radius 2 is 1.54 bits per heavy atom. The van der Waals surface area contributed by atoms with Gasteiger partial charge in [-0.1, -0.05) is 18.2 Å². The summed E-state index contributed by atoms with van der Waals surface area (Å²) in [6.45, 7) is 1.24. The molecule has 9 heteroatoms. The molecule has 0 aliphatic rings. The fourth-order valence-corrected chi connectivity index (χ4v) is 4.28. The Morgan fingerprint density at radius 1 is 0.962 bits per heavy atom. The van der Waals surface area contributed by atoms with Gasteiger partial charge < -0.3 is 0 Å². The molecule has 0 saturated heterocycles. The molecule has 26 heavy (non-hydrogen) atoms. The van der Waals surface area contributed by atoms with Crippen LogP contribution in [0.1, 0.15) is 17.3 Å². The van der Waals surface area contributed by atoms with Crippen molar-refractivity contribution in [1.82, 2.24) is 4.72 Å². The number of nitrogens with one attached hydrogen (secondary N) is 1. The molecule has 0 amide bonds. The lowest BCUT2D eigenvalue weighted by atomic mass is 10.1. The number of nitrogens with zero attached hydrogens (tertiary/aromatic N) is 1. The van der Waals surface area contributed by atoms with Gasteiger partial charge in [0, 0.05) is 18.7 Å². The molecule has 0 aliphatic heterocycles. The zero-order valence-electron chi connectivity index (χ0n) is 14.4. The van der Waals surface area contributed by atoms with Crippen LogP contribution in [0.2, 0.25) is 0 Å². The van der Waals surface area contributed by atoms with E-state index in [2.05, 4.69) is 4.72 Å². The van der Waals surface area contributed by atoms with Gasteiger partial charge in [0.15, 0.2) is 5.78 Å². The molecule has 7 nitrogen and oxygen atoms in total. The summed E-state index contributed by atoms with van der Waals surface area (Å²) in [7, 11) is -7.34. The predicted octanol–water partition coefficient (Wildman–Crippen LogP) is 1.63. The van der Waals surface area contributed by atoms with Gasteiger partial charge in [0.05, 0.1) is 16.8 Å². The van der Waals surface area contributed by atoms with E-state index >= 15 is 0 Å². The maximum Gasteiger partial charge on any atom is 0.240 e. The van der Waals surface area contributed by atoms with Crippen LogP contribution in [0.15, 0.2) is 59.5 Å². The average Bonchev–Trinajstić information content (AvgIpc) is 2.58. The van der Waals surface area contributed by atoms with Gasteiger partial charge in [-0.15, -0.1) is 0 Å². The Balaban J connectivity index is 2.13. The second kappa shape index (κ2) is 7.98. The smallest absolute Gasteiger partial charge is 0.240 e. The quantitative estimate of drug-likeness (QED) is 0.684. The van der Waals surface area contributed by atoms with Crippen molar-refractivity contribution in [3.05, 3.63) is 60.2 Å². The highest BCUT2D eigenvalue weighted by Crippen LogP contribution is 2.18. The Labute approximate surface area is 153 Å². The zero-order valence-corrected chi connectivity index (χ0v) is 16.0. The van der Waals surface area contributed by atoms with E-state index in [4.69, 9.17) is 0 Å². The van der Waals surface area contributed by atoms with Crippen molar-refractivity contribution in [3.8, 4) is 0 Å². The molecule has 0 atom stereocenters. The molecule has 0 saturated carbocycles. The third-order valence-corrected chi connectivity index (χ3v) is 6.29. The monoisotopic (exact) mass is 396 g/mol. The molecule has 0 spiro atoms. The summed E-state index contributed by atoms with van der Waals surface area (Å²) in [4.78, 5) is 11.4. The highest BCUT2D eigenvalue weighted by Gasteiger charge is 2.19. The van der Waals surface area contributed by atoms with Crippen LogP contribution in [-0.4, -0.2) is 42.0 Å². The van der Waals surface area contributed by atoms with Gasteiger partial charge in [-0.2, -0.15) is 0 Å². The number of carbonyl (C=O) groups is 1. The molecular formula is C17H20N2O5S2. The van der Waals surface area contributed by atoms with E-state index in [-0.39, 0.29) is 23.8 Å². The molecule has 2 aromatic carbocycles. The molecule has 0 radical (unpaired) electrons. The molecular weight excluding hydrogens is 376 g/mol. The molecule has 2 aromatic rings. The van der Waals surface area contributed by atoms with Crippen molar-refractivity contribution in [3.63, 3.8) is 0 Å². The highest BCUT2D eigenvalue weighted by molar-refractivity contribution is 7.92. The van der Waals surface area contributed by atoms with Crippen LogP contribution in [0.3, 0.4) is 0 Å². The predicted molar refractivity (Wildman–Crippen MR) is 100 cm³/mol. The minimum Gasteiger partial charge on any atom is -0.295 e. The standard InChI is InChI=1S/C17H20N2O5S2/c1-14(20)15-8-10-16(11-9-15)19(25(2,21)22)13-12-18-26(23,24)17-6-4-3-5-7-17/h3-11,18H,12-13H2,1-2H3. The largest absolute Gasteiger partial charge is 0.295 e. The van der Waals surface area contributed by atoms with E-state index in [9.17, 15) is 21.6 Å². The topological polar surface area (TPSA) is 101 Å². The van der Waals surface area contributed by atoms with Crippen LogP contribution in [0.25, 0.3) is 0 Å². The molecule has 1 N–H and O–H groups in total. The lowest BCUT2D eigenvalue weighted by Crippen LogP contribution is -2.38. The van der Waals surface area contributed by atoms with Gasteiger partial charge in [-0.05, 0) is 43.3 Å². The van der Waals surface area contributed by atoms with Crippen LogP contribution < -0.4 is 9.03 Å². The number of benzene rings is 2. The number of Topliss-reactive ketones (excluding diaryl/α,β-unsaturated/α-hetero) is 1. The van der Waals surface area contributed by atoms with Crippen molar-refractivity contribution in [2.24, 2.45) is 0 Å². The third-order valence-electron chi connectivity index (χ3n) is 3.62. The number of hydrogen-bond acceptors (Lipinski definition) is 5. The Bertz CT molecular complexity index is 970. The highest BCUT2D eigenvalue weighted by atomic mass is 32.2. The van der Waals surface area contributed by atoms with Gasteiger partial charge in [0.25, 0.3) is 0 Å². The first-order valence-electron chi connectivity index (χ1n) is 7.75. The SMILES string of the molecule is CC(=O)c1ccc(N(CCNS(=O)(=O)c2ccccc2)S(C)(=O)=O)cc1.